The van der Waals surface area contributed by atoms with Crippen LogP contribution in [0.2, 0.25) is 0 Å². The Bertz CT molecular complexity index is 1010. The van der Waals surface area contributed by atoms with Crippen LogP contribution in [0.5, 0.6) is 0 Å². The lowest BCUT2D eigenvalue weighted by molar-refractivity contribution is 1.48. The molecule has 0 saturated heterocycles. The molecule has 0 aromatic heterocycles. The lowest BCUT2D eigenvalue weighted by atomic mass is 9.86. The zero-order valence-electron chi connectivity index (χ0n) is 14.8. The van der Waals surface area contributed by atoms with Crippen molar-refractivity contribution in [3.05, 3.63) is 141 Å². The van der Waals surface area contributed by atoms with Gasteiger partial charge in [0.2, 0.25) is 0 Å². The number of halogens is 1. The largest absolute Gasteiger partial charge is 0.0622 e. The first-order chi connectivity index (χ1) is 13.3. The van der Waals surface area contributed by atoms with E-state index in [4.69, 9.17) is 0 Å². The average Bonchev–Trinajstić information content (AvgIpc) is 2.74. The van der Waals surface area contributed by atoms with E-state index in [0.717, 1.165) is 0 Å². The van der Waals surface area contributed by atoms with Crippen LogP contribution in [0.1, 0.15) is 22.3 Å². The summed E-state index contributed by atoms with van der Waals surface area (Å²) in [5.74, 6) is 0. The maximum Gasteiger partial charge on any atom is 0.0209 e. The number of hydrogen-bond acceptors (Lipinski definition) is 0. The zero-order valence-corrected chi connectivity index (χ0v) is 17.0. The summed E-state index contributed by atoms with van der Waals surface area (Å²) in [6, 6.07) is 40.6. The molecule has 130 valence electrons. The van der Waals surface area contributed by atoms with Crippen molar-refractivity contribution in [1.29, 1.82) is 0 Å². The average molecular weight is 458 g/mol. The number of hydrogen-bond donors (Lipinski definition) is 0. The Balaban J connectivity index is 2.12. The highest BCUT2D eigenvalue weighted by Gasteiger charge is 2.17. The van der Waals surface area contributed by atoms with Gasteiger partial charge in [-0.2, -0.15) is 0 Å². The maximum atomic E-state index is 2.44. The van der Waals surface area contributed by atoms with Crippen LogP contribution in [0, 0.1) is 3.57 Å². The molecule has 0 aliphatic rings. The second kappa shape index (κ2) is 8.36. The van der Waals surface area contributed by atoms with Crippen LogP contribution in [0.3, 0.4) is 0 Å². The van der Waals surface area contributed by atoms with Crippen LogP contribution >= 0.6 is 22.6 Å². The molecule has 0 amide bonds. The van der Waals surface area contributed by atoms with Crippen molar-refractivity contribution in [1.82, 2.24) is 0 Å². The monoisotopic (exact) mass is 458 g/mol. The molecule has 27 heavy (non-hydrogen) atoms. The van der Waals surface area contributed by atoms with Gasteiger partial charge in [0.05, 0.1) is 0 Å². The summed E-state index contributed by atoms with van der Waals surface area (Å²) in [7, 11) is 0. The van der Waals surface area contributed by atoms with E-state index in [1.807, 2.05) is 0 Å². The predicted molar refractivity (Wildman–Crippen MR) is 124 cm³/mol. The highest BCUT2D eigenvalue weighted by Crippen LogP contribution is 2.38. The van der Waals surface area contributed by atoms with Crippen molar-refractivity contribution in [3.63, 3.8) is 0 Å². The third-order valence-corrected chi connectivity index (χ3v) is 5.52. The molecular formula is C26H19I. The van der Waals surface area contributed by atoms with Crippen LogP contribution in [0.25, 0.3) is 11.1 Å². The third-order valence-electron chi connectivity index (χ3n) is 4.58. The quantitative estimate of drug-likeness (QED) is 0.222. The lowest BCUT2D eigenvalue weighted by Crippen LogP contribution is -1.99. The molecule has 4 rings (SSSR count). The van der Waals surface area contributed by atoms with E-state index in [1.165, 1.54) is 37.0 Å². The molecule has 0 heterocycles. The first-order valence-corrected chi connectivity index (χ1v) is 10.1. The van der Waals surface area contributed by atoms with E-state index in [1.54, 1.807) is 0 Å². The third kappa shape index (κ3) is 3.88. The summed E-state index contributed by atoms with van der Waals surface area (Å²) in [5, 5.41) is 0. The molecule has 0 unspecified atom stereocenters. The van der Waals surface area contributed by atoms with Gasteiger partial charge < -0.3 is 0 Å². The zero-order chi connectivity index (χ0) is 18.5. The van der Waals surface area contributed by atoms with E-state index in [-0.39, 0.29) is 0 Å². The molecule has 1 heteroatoms. The molecule has 0 aliphatic heterocycles. The summed E-state index contributed by atoms with van der Waals surface area (Å²) < 4.78 is 1.25. The van der Waals surface area contributed by atoms with Crippen LogP contribution in [-0.2, 0) is 0 Å². The first-order valence-electron chi connectivity index (χ1n) is 9.00. The van der Waals surface area contributed by atoms with Crippen LogP contribution in [-0.4, -0.2) is 0 Å². The Labute approximate surface area is 174 Å². The summed E-state index contributed by atoms with van der Waals surface area (Å²) in [6.45, 7) is 0. The summed E-state index contributed by atoms with van der Waals surface area (Å²) in [6.07, 6.45) is 0. The smallest absolute Gasteiger partial charge is 0.0209 e. The predicted octanol–water partition coefficient (Wildman–Crippen LogP) is 7.30. The van der Waals surface area contributed by atoms with Crippen molar-refractivity contribution >= 4 is 33.7 Å². The molecule has 0 aliphatic carbocycles. The van der Waals surface area contributed by atoms with Gasteiger partial charge in [-0.25, -0.2) is 0 Å². The van der Waals surface area contributed by atoms with Crippen LogP contribution < -0.4 is 0 Å². The van der Waals surface area contributed by atoms with E-state index < -0.39 is 0 Å². The molecular weight excluding hydrogens is 439 g/mol. The Morgan fingerprint density at radius 3 is 1.22 bits per heavy atom. The molecule has 4 aromatic carbocycles. The second-order valence-electron chi connectivity index (χ2n) is 6.33. The molecule has 0 spiro atoms. The fourth-order valence-corrected chi connectivity index (χ4v) is 4.03. The Kier molecular flexibility index (Phi) is 5.50. The molecule has 0 N–H and O–H groups in total. The van der Waals surface area contributed by atoms with Gasteiger partial charge in [0, 0.05) is 3.57 Å². The lowest BCUT2D eigenvalue weighted by Gasteiger charge is -2.19. The fraction of sp³-hybridized carbons (Fsp3) is 0. The molecule has 0 nitrogen and oxygen atoms in total. The van der Waals surface area contributed by atoms with Gasteiger partial charge in [-0.3, -0.25) is 0 Å². The van der Waals surface area contributed by atoms with Crippen molar-refractivity contribution in [2.75, 3.05) is 0 Å². The highest BCUT2D eigenvalue weighted by atomic mass is 127. The summed E-state index contributed by atoms with van der Waals surface area (Å²) >= 11 is 2.44. The second-order valence-corrected chi connectivity index (χ2v) is 7.49. The molecule has 0 fully saturated rings. The Morgan fingerprint density at radius 2 is 0.778 bits per heavy atom. The molecule has 0 saturated carbocycles. The van der Waals surface area contributed by atoms with E-state index in [0.29, 0.717) is 0 Å². The summed E-state index contributed by atoms with van der Waals surface area (Å²) in [5.41, 5.74) is 7.45. The van der Waals surface area contributed by atoms with Crippen LogP contribution in [0.15, 0.2) is 115 Å². The minimum Gasteiger partial charge on any atom is -0.0622 e. The SMILES string of the molecule is Ic1ccccc1C(=C(c1ccccc1)c1ccccc1)c1ccccc1. The van der Waals surface area contributed by atoms with E-state index >= 15 is 0 Å². The fourth-order valence-electron chi connectivity index (χ4n) is 3.37. The van der Waals surface area contributed by atoms with Gasteiger partial charge in [-0.1, -0.05) is 109 Å². The van der Waals surface area contributed by atoms with E-state index in [9.17, 15) is 0 Å². The summed E-state index contributed by atoms with van der Waals surface area (Å²) in [4.78, 5) is 0. The first kappa shape index (κ1) is 17.7. The molecule has 0 bridgehead atoms. The van der Waals surface area contributed by atoms with Gasteiger partial charge in [-0.05, 0) is 62.1 Å². The van der Waals surface area contributed by atoms with Gasteiger partial charge in [-0.15, -0.1) is 0 Å². The van der Waals surface area contributed by atoms with Crippen molar-refractivity contribution < 1.29 is 0 Å². The highest BCUT2D eigenvalue weighted by molar-refractivity contribution is 14.1. The molecule has 0 atom stereocenters. The Morgan fingerprint density at radius 1 is 0.407 bits per heavy atom. The maximum absolute atomic E-state index is 2.44. The molecule has 4 aromatic rings. The number of benzene rings is 4. The molecule has 0 radical (unpaired) electrons. The minimum absolute atomic E-state index is 1.22. The van der Waals surface area contributed by atoms with Crippen LogP contribution in [0.4, 0.5) is 0 Å². The normalized spacial score (nSPS) is 10.4. The van der Waals surface area contributed by atoms with Gasteiger partial charge in [0.1, 0.15) is 0 Å². The number of rotatable bonds is 4. The van der Waals surface area contributed by atoms with Gasteiger partial charge in [0.15, 0.2) is 0 Å². The standard InChI is InChI=1S/C26H19I/c27-24-19-11-10-18-23(24)26(22-16-8-3-9-17-22)25(20-12-4-1-5-13-20)21-14-6-2-7-15-21/h1-19H. The van der Waals surface area contributed by atoms with E-state index in [2.05, 4.69) is 138 Å². The van der Waals surface area contributed by atoms with Crippen molar-refractivity contribution in [2.45, 2.75) is 0 Å². The van der Waals surface area contributed by atoms with Crippen molar-refractivity contribution in [3.8, 4) is 0 Å². The van der Waals surface area contributed by atoms with Gasteiger partial charge in [0.25, 0.3) is 0 Å². The Hall–Kier alpha value is -2.65. The topological polar surface area (TPSA) is 0 Å². The van der Waals surface area contributed by atoms with Gasteiger partial charge >= 0.3 is 0 Å². The minimum atomic E-state index is 1.22. The van der Waals surface area contributed by atoms with Crippen molar-refractivity contribution in [2.24, 2.45) is 0 Å².